The van der Waals surface area contributed by atoms with E-state index >= 15 is 0 Å². The molecule has 1 N–H and O–H groups in total. The number of allylic oxidation sites excluding steroid dienone is 1. The van der Waals surface area contributed by atoms with Crippen LogP contribution in [0.15, 0.2) is 10.1 Å². The van der Waals surface area contributed by atoms with E-state index in [-0.39, 0.29) is 34.8 Å². The Bertz CT molecular complexity index is 356. The van der Waals surface area contributed by atoms with Gasteiger partial charge in [0, 0.05) is 5.92 Å². The Morgan fingerprint density at radius 2 is 1.87 bits per heavy atom. The SMILES string of the molecule is CC1(C)C(C(=O)O)C1C(C#N)=C(Cl)Cl.[LiH]. The second-order valence-corrected chi connectivity index (χ2v) is 4.85. The molecule has 0 spiro atoms. The van der Waals surface area contributed by atoms with Gasteiger partial charge in [-0.3, -0.25) is 4.79 Å². The molecule has 2 unspecified atom stereocenters. The molecule has 15 heavy (non-hydrogen) atoms. The van der Waals surface area contributed by atoms with Gasteiger partial charge < -0.3 is 5.11 Å². The first-order valence-corrected chi connectivity index (χ1v) is 4.77. The normalized spacial score (nSPS) is 25.8. The molecule has 1 aliphatic rings. The third-order valence-electron chi connectivity index (χ3n) is 2.73. The second-order valence-electron chi connectivity index (χ2n) is 3.90. The van der Waals surface area contributed by atoms with Crippen molar-refractivity contribution >= 4 is 48.0 Å². The molecule has 6 heteroatoms. The van der Waals surface area contributed by atoms with Gasteiger partial charge in [-0.2, -0.15) is 5.26 Å². The molecule has 1 rings (SSSR count). The van der Waals surface area contributed by atoms with E-state index in [0.29, 0.717) is 0 Å². The summed E-state index contributed by atoms with van der Waals surface area (Å²) in [6.07, 6.45) is 0. The number of rotatable bonds is 2. The molecule has 0 amide bonds. The van der Waals surface area contributed by atoms with Crippen molar-refractivity contribution in [1.29, 1.82) is 5.26 Å². The van der Waals surface area contributed by atoms with Gasteiger partial charge in [-0.15, -0.1) is 0 Å². The third-order valence-corrected chi connectivity index (χ3v) is 3.14. The predicted molar refractivity (Wildman–Crippen MR) is 59.9 cm³/mol. The fourth-order valence-corrected chi connectivity index (χ4v) is 2.19. The van der Waals surface area contributed by atoms with Crippen molar-refractivity contribution in [2.75, 3.05) is 0 Å². The molecule has 0 saturated heterocycles. The fourth-order valence-electron chi connectivity index (χ4n) is 1.87. The first-order valence-electron chi connectivity index (χ1n) is 4.02. The fraction of sp³-hybridized carbons (Fsp3) is 0.556. The Hall–Kier alpha value is -0.123. The minimum absolute atomic E-state index is 0. The van der Waals surface area contributed by atoms with Crippen LogP contribution in [-0.2, 0) is 4.79 Å². The van der Waals surface area contributed by atoms with Crippen molar-refractivity contribution in [2.24, 2.45) is 17.3 Å². The van der Waals surface area contributed by atoms with Crippen LogP contribution in [0.3, 0.4) is 0 Å². The number of halogens is 2. The first kappa shape index (κ1) is 14.9. The standard InChI is InChI=1S/C9H9Cl2NO2.Li.H/c1-9(2)5(6(9)8(13)14)4(3-12)7(10)11;;/h5-6H,1-2H3,(H,13,14);;. The number of carbonyl (C=O) groups is 1. The Kier molecular flexibility index (Phi) is 4.77. The van der Waals surface area contributed by atoms with Gasteiger partial charge >= 0.3 is 24.8 Å². The number of nitrogens with zero attached hydrogens (tertiary/aromatic N) is 1. The van der Waals surface area contributed by atoms with E-state index in [4.69, 9.17) is 33.6 Å². The molecular formula is C9H10Cl2LiNO2. The minimum atomic E-state index is -0.915. The Morgan fingerprint density at radius 1 is 1.40 bits per heavy atom. The average Bonchev–Trinajstić information content (AvgIpc) is 2.54. The van der Waals surface area contributed by atoms with Crippen molar-refractivity contribution in [3.8, 4) is 6.07 Å². The number of nitriles is 1. The summed E-state index contributed by atoms with van der Waals surface area (Å²) in [5.74, 6) is -1.85. The van der Waals surface area contributed by atoms with Crippen molar-refractivity contribution in [1.82, 2.24) is 0 Å². The van der Waals surface area contributed by atoms with Gasteiger partial charge in [0.05, 0.1) is 17.6 Å². The molecule has 0 aromatic rings. The van der Waals surface area contributed by atoms with E-state index < -0.39 is 17.3 Å². The van der Waals surface area contributed by atoms with Crippen LogP contribution in [-0.4, -0.2) is 29.9 Å². The van der Waals surface area contributed by atoms with Crippen LogP contribution < -0.4 is 0 Å². The van der Waals surface area contributed by atoms with E-state index in [2.05, 4.69) is 0 Å². The van der Waals surface area contributed by atoms with E-state index in [0.717, 1.165) is 0 Å². The molecule has 0 aromatic heterocycles. The first-order chi connectivity index (χ1) is 6.34. The summed E-state index contributed by atoms with van der Waals surface area (Å²) in [6, 6.07) is 1.86. The van der Waals surface area contributed by atoms with Crippen molar-refractivity contribution in [3.05, 3.63) is 10.1 Å². The molecule has 0 bridgehead atoms. The molecule has 1 saturated carbocycles. The molecular weight excluding hydrogens is 232 g/mol. The van der Waals surface area contributed by atoms with Crippen LogP contribution in [0.5, 0.6) is 0 Å². The Balaban J connectivity index is 0.00000196. The summed E-state index contributed by atoms with van der Waals surface area (Å²) in [5.41, 5.74) is -0.267. The molecule has 1 aliphatic carbocycles. The molecule has 0 aromatic carbocycles. The van der Waals surface area contributed by atoms with Crippen LogP contribution >= 0.6 is 23.2 Å². The summed E-state index contributed by atoms with van der Waals surface area (Å²) in [6.45, 7) is 3.56. The summed E-state index contributed by atoms with van der Waals surface area (Å²) in [5, 5.41) is 17.6. The topological polar surface area (TPSA) is 61.1 Å². The molecule has 78 valence electrons. The van der Waals surface area contributed by atoms with E-state index in [9.17, 15) is 4.79 Å². The monoisotopic (exact) mass is 241 g/mol. The number of hydrogen-bond donors (Lipinski definition) is 1. The Morgan fingerprint density at radius 3 is 2.07 bits per heavy atom. The zero-order valence-electron chi connectivity index (χ0n) is 7.71. The molecule has 0 aliphatic heterocycles. The second kappa shape index (κ2) is 4.81. The van der Waals surface area contributed by atoms with E-state index in [1.807, 2.05) is 6.07 Å². The van der Waals surface area contributed by atoms with Gasteiger partial charge in [0.1, 0.15) is 4.49 Å². The number of aliphatic carboxylic acids is 1. The summed E-state index contributed by atoms with van der Waals surface area (Å²) >= 11 is 11.0. The number of carboxylic acids is 1. The van der Waals surface area contributed by atoms with Gasteiger partial charge in [-0.1, -0.05) is 37.0 Å². The van der Waals surface area contributed by atoms with Crippen molar-refractivity contribution in [3.63, 3.8) is 0 Å². The number of hydrogen-bond acceptors (Lipinski definition) is 2. The van der Waals surface area contributed by atoms with Crippen LogP contribution in [0.2, 0.25) is 0 Å². The Labute approximate surface area is 110 Å². The summed E-state index contributed by atoms with van der Waals surface area (Å²) < 4.78 is -0.130. The zero-order chi connectivity index (χ0) is 11.1. The van der Waals surface area contributed by atoms with Crippen LogP contribution in [0, 0.1) is 28.6 Å². The predicted octanol–water partition coefficient (Wildman–Crippen LogP) is 1.91. The third kappa shape index (κ3) is 2.52. The molecule has 3 nitrogen and oxygen atoms in total. The molecule has 2 atom stereocenters. The van der Waals surface area contributed by atoms with Crippen molar-refractivity contribution < 1.29 is 9.90 Å². The number of carboxylic acid groups (broad SMARTS) is 1. The zero-order valence-corrected chi connectivity index (χ0v) is 9.23. The van der Waals surface area contributed by atoms with Gasteiger partial charge in [-0.25, -0.2) is 0 Å². The average molecular weight is 242 g/mol. The van der Waals surface area contributed by atoms with Gasteiger partial charge in [0.15, 0.2) is 0 Å². The van der Waals surface area contributed by atoms with Gasteiger partial charge in [-0.05, 0) is 5.41 Å². The van der Waals surface area contributed by atoms with Crippen LogP contribution in [0.1, 0.15) is 13.8 Å². The van der Waals surface area contributed by atoms with E-state index in [1.165, 1.54) is 0 Å². The van der Waals surface area contributed by atoms with E-state index in [1.54, 1.807) is 13.8 Å². The van der Waals surface area contributed by atoms with Gasteiger partial charge in [0.25, 0.3) is 0 Å². The summed E-state index contributed by atoms with van der Waals surface area (Å²) in [7, 11) is 0. The molecule has 0 radical (unpaired) electrons. The maximum absolute atomic E-state index is 10.8. The van der Waals surface area contributed by atoms with Gasteiger partial charge in [0.2, 0.25) is 0 Å². The van der Waals surface area contributed by atoms with Crippen LogP contribution in [0.4, 0.5) is 0 Å². The maximum atomic E-state index is 10.8. The quantitative estimate of drug-likeness (QED) is 0.594. The van der Waals surface area contributed by atoms with Crippen molar-refractivity contribution in [2.45, 2.75) is 13.8 Å². The van der Waals surface area contributed by atoms with Crippen LogP contribution in [0.25, 0.3) is 0 Å². The molecule has 1 fully saturated rings. The molecule has 0 heterocycles. The summed E-state index contributed by atoms with van der Waals surface area (Å²) in [4.78, 5) is 10.8.